The first-order valence-corrected chi connectivity index (χ1v) is 13.8. The predicted octanol–water partition coefficient (Wildman–Crippen LogP) is 4.87. The molecule has 0 saturated carbocycles. The van der Waals surface area contributed by atoms with Crippen LogP contribution in [0, 0.1) is 6.92 Å². The smallest absolute Gasteiger partial charge is 0.353 e. The number of hydrogen-bond acceptors (Lipinski definition) is 5. The fraction of sp³-hybridized carbons (Fsp3) is 0.345. The normalized spacial score (nSPS) is 18.6. The molecule has 5 rings (SSSR count). The minimum atomic E-state index is -4.50. The summed E-state index contributed by atoms with van der Waals surface area (Å²) >= 11 is 1.36. The molecule has 210 valence electrons. The third-order valence-corrected chi connectivity index (χ3v) is 8.30. The minimum absolute atomic E-state index is 0.0646. The van der Waals surface area contributed by atoms with Crippen LogP contribution in [0.25, 0.3) is 0 Å². The van der Waals surface area contributed by atoms with Crippen molar-refractivity contribution in [1.82, 2.24) is 15.1 Å². The van der Waals surface area contributed by atoms with Gasteiger partial charge in [0.1, 0.15) is 11.8 Å². The highest BCUT2D eigenvalue weighted by atomic mass is 32.1. The molecule has 0 bridgehead atoms. The molecule has 2 aliphatic heterocycles. The van der Waals surface area contributed by atoms with E-state index in [0.717, 1.165) is 17.7 Å². The van der Waals surface area contributed by atoms with Gasteiger partial charge in [-0.25, -0.2) is 0 Å². The summed E-state index contributed by atoms with van der Waals surface area (Å²) in [5, 5.41) is 4.53. The van der Waals surface area contributed by atoms with Crippen molar-refractivity contribution in [3.63, 3.8) is 0 Å². The van der Waals surface area contributed by atoms with E-state index >= 15 is 0 Å². The molecule has 1 aromatic heterocycles. The van der Waals surface area contributed by atoms with Gasteiger partial charge in [-0.15, -0.1) is 11.3 Å². The molecule has 0 aliphatic carbocycles. The lowest BCUT2D eigenvalue weighted by atomic mass is 9.95. The predicted molar refractivity (Wildman–Crippen MR) is 143 cm³/mol. The van der Waals surface area contributed by atoms with E-state index in [2.05, 4.69) is 5.32 Å². The first-order chi connectivity index (χ1) is 19.1. The van der Waals surface area contributed by atoms with Gasteiger partial charge >= 0.3 is 6.18 Å². The molecule has 1 spiro atoms. The monoisotopic (exact) mass is 571 g/mol. The highest BCUT2D eigenvalue weighted by Gasteiger charge is 2.54. The van der Waals surface area contributed by atoms with E-state index in [-0.39, 0.29) is 30.5 Å². The molecule has 2 aliphatic rings. The number of nitrogens with one attached hydrogen (secondary N) is 1. The van der Waals surface area contributed by atoms with E-state index in [1.165, 1.54) is 28.4 Å². The number of aryl methyl sites for hydroxylation is 1. The third kappa shape index (κ3) is 5.48. The summed E-state index contributed by atoms with van der Waals surface area (Å²) < 4.78 is 45.6. The number of thiophene rings is 1. The van der Waals surface area contributed by atoms with Crippen molar-refractivity contribution in [2.75, 3.05) is 19.7 Å². The Morgan fingerprint density at radius 3 is 2.45 bits per heavy atom. The highest BCUT2D eigenvalue weighted by Crippen LogP contribution is 2.39. The van der Waals surface area contributed by atoms with Crippen molar-refractivity contribution in [3.8, 4) is 0 Å². The number of rotatable bonds is 5. The summed E-state index contributed by atoms with van der Waals surface area (Å²) in [6.07, 6.45) is -3.86. The Morgan fingerprint density at radius 1 is 1.02 bits per heavy atom. The van der Waals surface area contributed by atoms with Crippen LogP contribution in [0.15, 0.2) is 66.0 Å². The standard InChI is InChI=1S/C29H28F3N3O4S/c1-19-6-2-3-9-22(19)26(37)35-23(25(36)33-17-20-7-4-8-21(16-20)29(30,31)32)18-39-28(35)11-13-34(14-12-28)27(38)24-10-5-15-40-24/h2-10,15-16,23H,11-14,17-18H2,1H3,(H,33,36)/t23-/m0/s1. The topological polar surface area (TPSA) is 79.0 Å². The van der Waals surface area contributed by atoms with E-state index in [0.29, 0.717) is 36.4 Å². The van der Waals surface area contributed by atoms with Gasteiger partial charge < -0.3 is 15.0 Å². The first-order valence-electron chi connectivity index (χ1n) is 12.9. The Hall–Kier alpha value is -3.70. The summed E-state index contributed by atoms with van der Waals surface area (Å²) in [7, 11) is 0. The number of benzene rings is 2. The maximum atomic E-state index is 13.9. The quantitative estimate of drug-likeness (QED) is 0.474. The Labute approximate surface area is 233 Å². The molecule has 11 heteroatoms. The molecular weight excluding hydrogens is 543 g/mol. The third-order valence-electron chi connectivity index (χ3n) is 7.44. The lowest BCUT2D eigenvalue weighted by Gasteiger charge is -2.44. The van der Waals surface area contributed by atoms with Crippen molar-refractivity contribution in [2.45, 2.75) is 44.3 Å². The SMILES string of the molecule is Cc1ccccc1C(=O)N1[C@H](C(=O)NCc2cccc(C(F)(F)F)c2)COC12CCN(C(=O)c1cccs1)CC2. The molecule has 1 N–H and O–H groups in total. The second-order valence-corrected chi connectivity index (χ2v) is 10.9. The van der Waals surface area contributed by atoms with Crippen LogP contribution in [-0.2, 0) is 22.3 Å². The average molecular weight is 572 g/mol. The van der Waals surface area contributed by atoms with Gasteiger partial charge in [0.25, 0.3) is 11.8 Å². The molecule has 40 heavy (non-hydrogen) atoms. The number of likely N-dealkylation sites (tertiary alicyclic amines) is 1. The Bertz CT molecular complexity index is 1400. The van der Waals surface area contributed by atoms with Crippen molar-refractivity contribution in [2.24, 2.45) is 0 Å². The van der Waals surface area contributed by atoms with Gasteiger partial charge in [-0.2, -0.15) is 13.2 Å². The van der Waals surface area contributed by atoms with Crippen LogP contribution in [0.2, 0.25) is 0 Å². The molecule has 2 saturated heterocycles. The van der Waals surface area contributed by atoms with Gasteiger partial charge in [0.15, 0.2) is 0 Å². The fourth-order valence-electron chi connectivity index (χ4n) is 5.29. The maximum absolute atomic E-state index is 13.9. The Balaban J connectivity index is 1.36. The van der Waals surface area contributed by atoms with Crippen LogP contribution in [0.5, 0.6) is 0 Å². The number of ether oxygens (including phenoxy) is 1. The summed E-state index contributed by atoms with van der Waals surface area (Å²) in [4.78, 5) is 44.1. The van der Waals surface area contributed by atoms with Crippen LogP contribution in [0.3, 0.4) is 0 Å². The van der Waals surface area contributed by atoms with E-state index in [9.17, 15) is 27.6 Å². The van der Waals surface area contributed by atoms with Crippen LogP contribution in [0.4, 0.5) is 13.2 Å². The molecule has 0 unspecified atom stereocenters. The van der Waals surface area contributed by atoms with Gasteiger partial charge in [-0.05, 0) is 47.7 Å². The Kier molecular flexibility index (Phi) is 7.70. The van der Waals surface area contributed by atoms with Gasteiger partial charge in [0.2, 0.25) is 5.91 Å². The summed E-state index contributed by atoms with van der Waals surface area (Å²) in [6, 6.07) is 14.4. The van der Waals surface area contributed by atoms with E-state index in [1.54, 1.807) is 23.1 Å². The molecular formula is C29H28F3N3O4S. The molecule has 2 aromatic carbocycles. The number of alkyl halides is 3. The number of carbonyl (C=O) groups excluding carboxylic acids is 3. The van der Waals surface area contributed by atoms with E-state index in [1.807, 2.05) is 30.5 Å². The molecule has 3 amide bonds. The number of hydrogen-bond donors (Lipinski definition) is 1. The lowest BCUT2D eigenvalue weighted by Crippen LogP contribution is -2.59. The lowest BCUT2D eigenvalue weighted by molar-refractivity contribution is -0.137. The molecule has 2 fully saturated rings. The van der Waals surface area contributed by atoms with Crippen LogP contribution in [0.1, 0.15) is 49.6 Å². The van der Waals surface area contributed by atoms with Crippen LogP contribution < -0.4 is 5.32 Å². The Morgan fingerprint density at radius 2 is 1.77 bits per heavy atom. The average Bonchev–Trinajstić information content (AvgIpc) is 3.61. The summed E-state index contributed by atoms with van der Waals surface area (Å²) in [5.74, 6) is -0.976. The summed E-state index contributed by atoms with van der Waals surface area (Å²) in [6.45, 7) is 2.29. The van der Waals surface area contributed by atoms with E-state index in [4.69, 9.17) is 4.74 Å². The number of nitrogens with zero attached hydrogens (tertiary/aromatic N) is 2. The molecule has 3 heterocycles. The van der Waals surface area contributed by atoms with Gasteiger partial charge in [0, 0.05) is 38.0 Å². The first kappa shape index (κ1) is 27.9. The largest absolute Gasteiger partial charge is 0.416 e. The summed E-state index contributed by atoms with van der Waals surface area (Å²) in [5.41, 5.74) is -0.441. The van der Waals surface area contributed by atoms with Crippen molar-refractivity contribution in [3.05, 3.63) is 93.2 Å². The van der Waals surface area contributed by atoms with Crippen LogP contribution in [-0.4, -0.2) is 59.0 Å². The van der Waals surface area contributed by atoms with E-state index < -0.39 is 29.4 Å². The maximum Gasteiger partial charge on any atom is 0.416 e. The van der Waals surface area contributed by atoms with Gasteiger partial charge in [-0.3, -0.25) is 19.3 Å². The number of amides is 3. The van der Waals surface area contributed by atoms with Gasteiger partial charge in [-0.1, -0.05) is 36.4 Å². The number of carbonyl (C=O) groups is 3. The zero-order valence-corrected chi connectivity index (χ0v) is 22.6. The second-order valence-electron chi connectivity index (χ2n) is 9.95. The zero-order chi connectivity index (χ0) is 28.5. The molecule has 1 atom stereocenters. The van der Waals surface area contributed by atoms with Crippen molar-refractivity contribution in [1.29, 1.82) is 0 Å². The molecule has 0 radical (unpaired) electrons. The van der Waals surface area contributed by atoms with Crippen molar-refractivity contribution >= 4 is 29.1 Å². The fourth-order valence-corrected chi connectivity index (χ4v) is 5.98. The zero-order valence-electron chi connectivity index (χ0n) is 21.7. The van der Waals surface area contributed by atoms with Crippen molar-refractivity contribution < 1.29 is 32.3 Å². The van der Waals surface area contributed by atoms with Crippen LogP contribution >= 0.6 is 11.3 Å². The number of piperidine rings is 1. The van der Waals surface area contributed by atoms with Gasteiger partial charge in [0.05, 0.1) is 17.0 Å². The molecule has 3 aromatic rings. The highest BCUT2D eigenvalue weighted by molar-refractivity contribution is 7.12. The minimum Gasteiger partial charge on any atom is -0.353 e. The second kappa shape index (κ2) is 11.1. The molecule has 7 nitrogen and oxygen atoms in total. The number of halogens is 3.